The third-order valence-corrected chi connectivity index (χ3v) is 3.15. The van der Waals surface area contributed by atoms with Gasteiger partial charge in [0.25, 0.3) is 0 Å². The minimum atomic E-state index is -5.48. The molecule has 1 aromatic carbocycles. The fraction of sp³-hybridized carbons (Fsp3) is 0.467. The maximum atomic E-state index is 12.5. The zero-order valence-corrected chi connectivity index (χ0v) is 14.1. The molecule has 0 bridgehead atoms. The summed E-state index contributed by atoms with van der Waals surface area (Å²) >= 11 is 0. The van der Waals surface area contributed by atoms with Gasteiger partial charge in [0.05, 0.1) is 0 Å². The second-order valence-electron chi connectivity index (χ2n) is 4.88. The maximum Gasteiger partial charge on any atom is 0 e. The van der Waals surface area contributed by atoms with Gasteiger partial charge >= 0.3 is 35.0 Å². The first-order valence-electron chi connectivity index (χ1n) is 6.15. The van der Waals surface area contributed by atoms with Crippen molar-refractivity contribution in [3.8, 4) is 0 Å². The first-order valence-corrected chi connectivity index (χ1v) is 6.15. The van der Waals surface area contributed by atoms with Crippen LogP contribution in [0.3, 0.4) is 0 Å². The molecule has 0 spiro atoms. The molecule has 1 aliphatic rings. The third-order valence-electron chi connectivity index (χ3n) is 3.15. The Balaban J connectivity index is -0.000000404. The molecule has 2 rings (SSSR count). The molecular formula is C15H14F6FeO3-2. The van der Waals surface area contributed by atoms with Gasteiger partial charge in [0, 0.05) is 17.1 Å². The van der Waals surface area contributed by atoms with Crippen LogP contribution in [0.5, 0.6) is 0 Å². The first-order chi connectivity index (χ1) is 11.0. The molecule has 0 amide bonds. The van der Waals surface area contributed by atoms with Gasteiger partial charge in [-0.05, 0) is 0 Å². The largest absolute Gasteiger partial charge is 0.214 e. The van der Waals surface area contributed by atoms with Crippen LogP contribution in [0.1, 0.15) is 13.8 Å². The van der Waals surface area contributed by atoms with Crippen molar-refractivity contribution in [3.05, 3.63) is 50.1 Å². The van der Waals surface area contributed by atoms with Crippen LogP contribution >= 0.6 is 0 Å². The molecule has 1 aliphatic heterocycles. The summed E-state index contributed by atoms with van der Waals surface area (Å²) in [6.07, 6.45) is -10.1. The van der Waals surface area contributed by atoms with E-state index in [1.807, 2.05) is 30.3 Å². The standard InChI is InChI=1S/C8H9F6O.C5H5.2CO.Fe/c1-5(2)3-4-15-6(5,7(9,10)11)8(12,13)14;1-2-4-5-3-1;2*1-2;/h3H,4H2,1-2H3;1-5H;;;/q2*-1;;;. The minimum absolute atomic E-state index is 0. The molecule has 1 saturated heterocycles. The normalized spacial score (nSPS) is 17.1. The van der Waals surface area contributed by atoms with E-state index in [1.54, 1.807) is 0 Å². The smallest absolute Gasteiger partial charge is 0 e. The Morgan fingerprint density at radius 1 is 0.920 bits per heavy atom. The zero-order valence-electron chi connectivity index (χ0n) is 13.0. The van der Waals surface area contributed by atoms with Crippen molar-refractivity contribution < 1.29 is 57.5 Å². The number of hydrogen-bond donors (Lipinski definition) is 0. The summed E-state index contributed by atoms with van der Waals surface area (Å²) in [5.74, 6) is 0. The molecular weight excluding hydrogens is 398 g/mol. The minimum Gasteiger partial charge on any atom is -0.214 e. The molecule has 144 valence electrons. The number of rotatable bonds is 0. The van der Waals surface area contributed by atoms with Crippen molar-refractivity contribution in [2.24, 2.45) is 5.41 Å². The van der Waals surface area contributed by atoms with Crippen molar-refractivity contribution in [3.63, 3.8) is 0 Å². The van der Waals surface area contributed by atoms with Gasteiger partial charge in [-0.1, -0.05) is 20.5 Å². The van der Waals surface area contributed by atoms with Crippen LogP contribution in [-0.4, -0.2) is 24.6 Å². The Labute approximate surface area is 152 Å². The number of alkyl halides is 6. The van der Waals surface area contributed by atoms with E-state index in [0.29, 0.717) is 0 Å². The number of ether oxygens (including phenoxy) is 1. The van der Waals surface area contributed by atoms with Crippen molar-refractivity contribution in [1.29, 1.82) is 0 Å². The van der Waals surface area contributed by atoms with E-state index < -0.39 is 30.0 Å². The summed E-state index contributed by atoms with van der Waals surface area (Å²) in [5.41, 5.74) is -6.21. The third kappa shape index (κ3) is 6.60. The average Bonchev–Trinajstić information content (AvgIpc) is 3.12. The fourth-order valence-electron chi connectivity index (χ4n) is 2.08. The molecule has 0 unspecified atom stereocenters. The summed E-state index contributed by atoms with van der Waals surface area (Å²) in [4.78, 5) is 0. The van der Waals surface area contributed by atoms with E-state index in [-0.39, 0.29) is 17.1 Å². The van der Waals surface area contributed by atoms with Gasteiger partial charge in [0.2, 0.25) is 5.60 Å². The topological polar surface area (TPSA) is 49.0 Å². The van der Waals surface area contributed by atoms with Crippen LogP contribution in [0.25, 0.3) is 0 Å². The molecule has 0 aromatic heterocycles. The van der Waals surface area contributed by atoms with Crippen LogP contribution in [-0.2, 0) is 31.1 Å². The first kappa shape index (κ1) is 28.7. The van der Waals surface area contributed by atoms with Gasteiger partial charge in [-0.25, -0.2) is 12.1 Å². The molecule has 1 aromatic rings. The SMILES string of the molecule is CC1(C)[CH-]COC1(C(F)(F)F)C(F)(F)F.[C-]#[O+].[C-]#[O+].[Fe].c1cc[cH-]c1. The molecule has 3 nitrogen and oxygen atoms in total. The van der Waals surface area contributed by atoms with Crippen LogP contribution in [0.4, 0.5) is 26.3 Å². The quantitative estimate of drug-likeness (QED) is 0.269. The predicted octanol–water partition coefficient (Wildman–Crippen LogP) is 4.44. The van der Waals surface area contributed by atoms with E-state index in [0.717, 1.165) is 20.3 Å². The van der Waals surface area contributed by atoms with Crippen molar-refractivity contribution in [2.45, 2.75) is 31.8 Å². The van der Waals surface area contributed by atoms with Gasteiger partial charge < -0.3 is 4.74 Å². The summed E-state index contributed by atoms with van der Waals surface area (Å²) in [6, 6.07) is 10.0. The number of halogens is 6. The number of hydrogen-bond acceptors (Lipinski definition) is 1. The summed E-state index contributed by atoms with van der Waals surface area (Å²) in [6.45, 7) is 10.1. The Morgan fingerprint density at radius 3 is 1.40 bits per heavy atom. The van der Waals surface area contributed by atoms with E-state index in [1.165, 1.54) is 0 Å². The van der Waals surface area contributed by atoms with Crippen LogP contribution in [0.2, 0.25) is 0 Å². The second kappa shape index (κ2) is 11.5. The molecule has 0 aliphatic carbocycles. The molecule has 25 heavy (non-hydrogen) atoms. The monoisotopic (exact) mass is 412 g/mol. The van der Waals surface area contributed by atoms with Gasteiger partial charge in [0.1, 0.15) is 0 Å². The average molecular weight is 412 g/mol. The zero-order chi connectivity index (χ0) is 19.7. The fourth-order valence-corrected chi connectivity index (χ4v) is 2.08. The van der Waals surface area contributed by atoms with Crippen LogP contribution < -0.4 is 0 Å². The maximum absolute atomic E-state index is 12.5. The van der Waals surface area contributed by atoms with Crippen molar-refractivity contribution in [1.82, 2.24) is 0 Å². The van der Waals surface area contributed by atoms with Crippen LogP contribution in [0, 0.1) is 25.1 Å². The Kier molecular flexibility index (Phi) is 13.2. The van der Waals surface area contributed by atoms with Crippen LogP contribution in [0.15, 0.2) is 30.3 Å². The summed E-state index contributed by atoms with van der Waals surface area (Å²) in [7, 11) is 0. The van der Waals surface area contributed by atoms with Crippen molar-refractivity contribution in [2.75, 3.05) is 6.61 Å². The molecule has 1 fully saturated rings. The van der Waals surface area contributed by atoms with Gasteiger partial charge in [0.15, 0.2) is 0 Å². The Morgan fingerprint density at radius 2 is 1.28 bits per heavy atom. The van der Waals surface area contributed by atoms with Gasteiger partial charge in [-0.3, -0.25) is 6.42 Å². The van der Waals surface area contributed by atoms with Crippen molar-refractivity contribution >= 4 is 0 Å². The van der Waals surface area contributed by atoms with Gasteiger partial charge in [-0.15, -0.1) is 5.41 Å². The van der Waals surface area contributed by atoms with E-state index in [4.69, 9.17) is 9.30 Å². The summed E-state index contributed by atoms with van der Waals surface area (Å²) < 4.78 is 94.2. The molecule has 10 heteroatoms. The predicted molar refractivity (Wildman–Crippen MR) is 68.8 cm³/mol. The summed E-state index contributed by atoms with van der Waals surface area (Å²) in [5, 5.41) is 0. The van der Waals surface area contributed by atoms with E-state index in [9.17, 15) is 26.3 Å². The Bertz CT molecular complexity index is 452. The van der Waals surface area contributed by atoms with E-state index in [2.05, 4.69) is 18.0 Å². The molecule has 0 saturated carbocycles. The molecule has 0 N–H and O–H groups in total. The van der Waals surface area contributed by atoms with Gasteiger partial charge in [-0.2, -0.15) is 44.5 Å². The molecule has 0 radical (unpaired) electrons. The van der Waals surface area contributed by atoms with E-state index >= 15 is 0 Å². The second-order valence-corrected chi connectivity index (χ2v) is 4.88. The molecule has 0 atom stereocenters. The Hall–Kier alpha value is -1.11. The molecule has 1 heterocycles.